The van der Waals surface area contributed by atoms with E-state index in [2.05, 4.69) is 31.9 Å². The van der Waals surface area contributed by atoms with Gasteiger partial charge in [0.2, 0.25) is 0 Å². The monoisotopic (exact) mass is 737 g/mol. The Balaban J connectivity index is 1.25. The van der Waals surface area contributed by atoms with Gasteiger partial charge in [-0.3, -0.25) is 29.3 Å². The van der Waals surface area contributed by atoms with Crippen molar-refractivity contribution in [1.29, 1.82) is 0 Å². The van der Waals surface area contributed by atoms with E-state index in [1.165, 1.54) is 36.4 Å². The van der Waals surface area contributed by atoms with E-state index >= 15 is 0 Å². The molecule has 2 aliphatic carbocycles. The van der Waals surface area contributed by atoms with Crippen LogP contribution in [0.5, 0.6) is 5.75 Å². The van der Waals surface area contributed by atoms with Gasteiger partial charge >= 0.3 is 5.97 Å². The molecular formula is C32H25Br2N3O8. The molecule has 1 saturated heterocycles. The molecule has 13 heteroatoms. The van der Waals surface area contributed by atoms with Crippen LogP contribution < -0.4 is 4.74 Å². The molecule has 3 aromatic carbocycles. The van der Waals surface area contributed by atoms with Crippen LogP contribution in [0.4, 0.5) is 5.69 Å². The number of ketones is 1. The Kier molecular flexibility index (Phi) is 8.16. The van der Waals surface area contributed by atoms with Crippen molar-refractivity contribution in [1.82, 2.24) is 10.0 Å². The first-order chi connectivity index (χ1) is 21.5. The number of imide groups is 1. The van der Waals surface area contributed by atoms with E-state index in [-0.39, 0.29) is 44.1 Å². The summed E-state index contributed by atoms with van der Waals surface area (Å²) in [5.74, 6) is -4.41. The van der Waals surface area contributed by atoms with Crippen LogP contribution in [0.1, 0.15) is 43.1 Å². The third kappa shape index (κ3) is 5.48. The fraction of sp³-hybridized carbons (Fsp3) is 0.281. The molecule has 0 aromatic heterocycles. The van der Waals surface area contributed by atoms with E-state index in [0.717, 1.165) is 27.7 Å². The fourth-order valence-electron chi connectivity index (χ4n) is 6.47. The van der Waals surface area contributed by atoms with Gasteiger partial charge in [-0.1, -0.05) is 49.6 Å². The first-order valence-electron chi connectivity index (χ1n) is 14.1. The molecule has 0 spiro atoms. The van der Waals surface area contributed by atoms with Crippen LogP contribution in [0.3, 0.4) is 0 Å². The summed E-state index contributed by atoms with van der Waals surface area (Å²) in [6.07, 6.45) is 0.683. The number of fused-ring (bicyclic) bond motifs is 5. The molecule has 6 atom stereocenters. The second kappa shape index (κ2) is 11.9. The minimum atomic E-state index is -0.832. The Hall–Kier alpha value is -4.23. The first kappa shape index (κ1) is 30.8. The van der Waals surface area contributed by atoms with E-state index in [1.807, 2.05) is 6.92 Å². The summed E-state index contributed by atoms with van der Waals surface area (Å²) in [7, 11) is 0. The predicted molar refractivity (Wildman–Crippen MR) is 167 cm³/mol. The Labute approximate surface area is 273 Å². The lowest BCUT2D eigenvalue weighted by Crippen LogP contribution is -2.52. The van der Waals surface area contributed by atoms with Crippen LogP contribution in [0.15, 0.2) is 72.8 Å². The average molecular weight is 739 g/mol. The van der Waals surface area contributed by atoms with Gasteiger partial charge in [0.15, 0.2) is 5.78 Å². The number of amides is 3. The number of nitrogens with zero attached hydrogens (tertiary/aromatic N) is 3. The Morgan fingerprint density at radius 3 is 1.89 bits per heavy atom. The van der Waals surface area contributed by atoms with Crippen LogP contribution in [0.25, 0.3) is 0 Å². The minimum Gasteiger partial charge on any atom is -0.423 e. The number of carbonyl (C=O) groups is 5. The summed E-state index contributed by atoms with van der Waals surface area (Å²) in [6.45, 7) is 1.24. The van der Waals surface area contributed by atoms with Crippen LogP contribution in [0.2, 0.25) is 0 Å². The Bertz CT molecular complexity index is 1700. The quantitative estimate of drug-likeness (QED) is 0.0588. The van der Waals surface area contributed by atoms with Gasteiger partial charge in [-0.05, 0) is 73.7 Å². The highest BCUT2D eigenvalue weighted by molar-refractivity contribution is 9.12. The molecule has 2 bridgehead atoms. The van der Waals surface area contributed by atoms with Gasteiger partial charge in [0.1, 0.15) is 12.3 Å². The number of Topliss-reactive ketones (excluding diaryl/α,β-unsaturated/α-hetero) is 1. The highest BCUT2D eigenvalue weighted by atomic mass is 79.9. The van der Waals surface area contributed by atoms with Gasteiger partial charge < -0.3 is 4.74 Å². The second-order valence-electron chi connectivity index (χ2n) is 11.4. The number of nitro benzene ring substituents is 1. The number of aryl methyl sites for hydroxylation is 1. The highest BCUT2D eigenvalue weighted by Crippen LogP contribution is 2.60. The number of non-ortho nitro benzene ring substituents is 1. The molecule has 1 aliphatic heterocycles. The molecule has 3 aliphatic rings. The van der Waals surface area contributed by atoms with E-state index < -0.39 is 52.8 Å². The predicted octanol–water partition coefficient (Wildman–Crippen LogP) is 5.14. The Morgan fingerprint density at radius 1 is 0.844 bits per heavy atom. The third-order valence-electron chi connectivity index (χ3n) is 8.73. The molecule has 0 radical (unpaired) electrons. The largest absolute Gasteiger partial charge is 0.423 e. The maximum atomic E-state index is 13.8. The number of rotatable bonds is 8. The van der Waals surface area contributed by atoms with Crippen molar-refractivity contribution in [2.45, 2.75) is 23.0 Å². The molecule has 1 heterocycles. The summed E-state index contributed by atoms with van der Waals surface area (Å²) in [5.41, 5.74) is 1.21. The Morgan fingerprint density at radius 2 is 1.36 bits per heavy atom. The smallest absolute Gasteiger partial charge is 0.343 e. The number of halogens is 2. The second-order valence-corrected chi connectivity index (χ2v) is 13.5. The van der Waals surface area contributed by atoms with Crippen molar-refractivity contribution in [2.24, 2.45) is 23.7 Å². The van der Waals surface area contributed by atoms with Gasteiger partial charge in [0.05, 0.1) is 22.3 Å². The zero-order chi connectivity index (χ0) is 32.2. The van der Waals surface area contributed by atoms with Crippen molar-refractivity contribution >= 4 is 67.0 Å². The fourth-order valence-corrected chi connectivity index (χ4v) is 8.34. The summed E-state index contributed by atoms with van der Waals surface area (Å²) >= 11 is 7.29. The first-order valence-corrected chi connectivity index (χ1v) is 15.9. The molecule has 3 fully saturated rings. The normalized spacial score (nSPS) is 24.8. The average Bonchev–Trinajstić information content (AvgIpc) is 3.65. The number of carbonyl (C=O) groups excluding carboxylic acids is 5. The van der Waals surface area contributed by atoms with Gasteiger partial charge in [0, 0.05) is 32.9 Å². The lowest BCUT2D eigenvalue weighted by molar-refractivity contribution is -0.384. The van der Waals surface area contributed by atoms with Crippen LogP contribution in [-0.4, -0.2) is 60.6 Å². The summed E-state index contributed by atoms with van der Waals surface area (Å²) in [4.78, 5) is 77.9. The lowest BCUT2D eigenvalue weighted by Gasteiger charge is -2.30. The van der Waals surface area contributed by atoms with E-state index in [4.69, 9.17) is 4.74 Å². The van der Waals surface area contributed by atoms with Crippen LogP contribution in [0, 0.1) is 40.7 Å². The topological polar surface area (TPSA) is 144 Å². The molecular weight excluding hydrogens is 714 g/mol. The van der Waals surface area contributed by atoms with E-state index in [1.54, 1.807) is 24.3 Å². The summed E-state index contributed by atoms with van der Waals surface area (Å²) < 4.78 is 5.41. The molecule has 3 amide bonds. The SMILES string of the molecule is Cc1ccc(C(=O)Oc2ccc(C(=O)CN(C(=O)c3ccc([N+](=O)[O-])cc3)N3C(=O)[C@@H]4[C@H]5C[C@@H]([C@H](Br)[C@H]5Br)[C@@H]4C3=O)cc2)cc1. The molecule has 2 saturated carbocycles. The van der Waals surface area contributed by atoms with Crippen LogP contribution in [-0.2, 0) is 9.59 Å². The van der Waals surface area contributed by atoms with Crippen molar-refractivity contribution < 1.29 is 33.6 Å². The third-order valence-corrected chi connectivity index (χ3v) is 11.9. The molecule has 0 N–H and O–H groups in total. The molecule has 230 valence electrons. The molecule has 0 unspecified atom stereocenters. The number of esters is 1. The number of hydrogen-bond acceptors (Lipinski definition) is 8. The molecule has 6 rings (SSSR count). The van der Waals surface area contributed by atoms with Crippen molar-refractivity contribution in [2.75, 3.05) is 6.54 Å². The van der Waals surface area contributed by atoms with Gasteiger partial charge in [-0.2, -0.15) is 5.01 Å². The summed E-state index contributed by atoms with van der Waals surface area (Å²) in [5, 5.41) is 12.8. The summed E-state index contributed by atoms with van der Waals surface area (Å²) in [6, 6.07) is 17.3. The zero-order valence-electron chi connectivity index (χ0n) is 23.7. The molecule has 45 heavy (non-hydrogen) atoms. The van der Waals surface area contributed by atoms with Gasteiger partial charge in [0.25, 0.3) is 23.4 Å². The minimum absolute atomic E-state index is 0.0282. The number of alkyl halides is 2. The highest BCUT2D eigenvalue weighted by Gasteiger charge is 2.67. The van der Waals surface area contributed by atoms with Crippen molar-refractivity contribution in [3.05, 3.63) is 105 Å². The number of ether oxygens (including phenoxy) is 1. The molecule has 3 aromatic rings. The van der Waals surface area contributed by atoms with Crippen molar-refractivity contribution in [3.63, 3.8) is 0 Å². The van der Waals surface area contributed by atoms with Gasteiger partial charge in [-0.25, -0.2) is 9.80 Å². The number of benzene rings is 3. The van der Waals surface area contributed by atoms with E-state index in [0.29, 0.717) is 12.0 Å². The number of hydrazine groups is 1. The van der Waals surface area contributed by atoms with Crippen LogP contribution >= 0.6 is 31.9 Å². The molecule has 11 nitrogen and oxygen atoms in total. The zero-order valence-corrected chi connectivity index (χ0v) is 26.8. The maximum Gasteiger partial charge on any atom is 0.343 e. The number of nitro groups is 1. The van der Waals surface area contributed by atoms with Gasteiger partial charge in [-0.15, -0.1) is 0 Å². The maximum absolute atomic E-state index is 13.8. The van der Waals surface area contributed by atoms with E-state index in [9.17, 15) is 34.1 Å². The lowest BCUT2D eigenvalue weighted by atomic mass is 9.81. The standard InChI is InChI=1S/C32H25Br2N3O8/c1-16-2-4-19(5-3-16)32(42)45-21-12-8-17(9-13-21)24(38)15-35(29(39)18-6-10-20(11-7-18)37(43)44)36-30(40)25-22-14-23(26(25)31(36)41)28(34)27(22)33/h2-13,22-23,25-28H,14-15H2,1H3/t22-,23-,25-,26+,27+,28+/m1/s1. The van der Waals surface area contributed by atoms with Crippen molar-refractivity contribution in [3.8, 4) is 5.75 Å². The number of hydrogen-bond donors (Lipinski definition) is 0.